The molecule has 4 aliphatic carbocycles. The standard InChI is InChI=1S/C10H13NO/c12-11-7-3-6-8-4-1-2-5(4)10(8)9(6)7/h4-10H,1-3H2. The van der Waals surface area contributed by atoms with Crippen LogP contribution in [-0.4, -0.2) is 6.04 Å². The van der Waals surface area contributed by atoms with Crippen molar-refractivity contribution in [3.05, 3.63) is 4.91 Å². The van der Waals surface area contributed by atoms with Gasteiger partial charge in [-0.05, 0) is 54.8 Å². The highest BCUT2D eigenvalue weighted by atomic mass is 16.3. The van der Waals surface area contributed by atoms with Gasteiger partial charge in [-0.3, -0.25) is 0 Å². The van der Waals surface area contributed by atoms with Crippen molar-refractivity contribution in [2.24, 2.45) is 40.7 Å². The molecule has 2 heteroatoms. The van der Waals surface area contributed by atoms with Crippen LogP contribution in [0.15, 0.2) is 5.18 Å². The van der Waals surface area contributed by atoms with E-state index in [2.05, 4.69) is 5.18 Å². The summed E-state index contributed by atoms with van der Waals surface area (Å²) >= 11 is 0. The first-order valence-electron chi connectivity index (χ1n) is 5.24. The number of nitroso groups, excluding NO2 is 1. The molecular weight excluding hydrogens is 150 g/mol. The van der Waals surface area contributed by atoms with E-state index >= 15 is 0 Å². The summed E-state index contributed by atoms with van der Waals surface area (Å²) in [4.78, 5) is 10.4. The number of fused-ring (bicyclic) bond motifs is 7. The van der Waals surface area contributed by atoms with Crippen LogP contribution in [0.3, 0.4) is 0 Å². The number of rotatable bonds is 1. The Kier molecular flexibility index (Phi) is 0.823. The van der Waals surface area contributed by atoms with Crippen LogP contribution >= 0.6 is 0 Å². The van der Waals surface area contributed by atoms with E-state index < -0.39 is 0 Å². The molecule has 0 N–H and O–H groups in total. The molecule has 2 nitrogen and oxygen atoms in total. The van der Waals surface area contributed by atoms with E-state index in [-0.39, 0.29) is 6.04 Å². The molecule has 7 atom stereocenters. The smallest absolute Gasteiger partial charge is 0.0956 e. The molecule has 4 aliphatic rings. The molecule has 7 unspecified atom stereocenters. The second-order valence-electron chi connectivity index (χ2n) is 5.21. The minimum absolute atomic E-state index is 0.234. The van der Waals surface area contributed by atoms with Gasteiger partial charge in [0.15, 0.2) is 0 Å². The van der Waals surface area contributed by atoms with Gasteiger partial charge in [0.25, 0.3) is 0 Å². The second kappa shape index (κ2) is 1.61. The summed E-state index contributed by atoms with van der Waals surface area (Å²) in [6, 6.07) is 0.234. The lowest BCUT2D eigenvalue weighted by Crippen LogP contribution is -2.75. The maximum absolute atomic E-state index is 10.4. The predicted octanol–water partition coefficient (Wildman–Crippen LogP) is 2.04. The van der Waals surface area contributed by atoms with Crippen LogP contribution in [-0.2, 0) is 0 Å². The van der Waals surface area contributed by atoms with Crippen molar-refractivity contribution in [1.29, 1.82) is 0 Å². The Balaban J connectivity index is 1.60. The van der Waals surface area contributed by atoms with E-state index in [1.165, 1.54) is 12.8 Å². The number of hydrogen-bond acceptors (Lipinski definition) is 2. The second-order valence-corrected chi connectivity index (χ2v) is 5.21. The predicted molar refractivity (Wildman–Crippen MR) is 44.4 cm³/mol. The average Bonchev–Trinajstić information content (AvgIpc) is 1.99. The summed E-state index contributed by atoms with van der Waals surface area (Å²) in [6.07, 6.45) is 4.09. The summed E-state index contributed by atoms with van der Waals surface area (Å²) in [5, 5.41) is 3.23. The van der Waals surface area contributed by atoms with Crippen molar-refractivity contribution in [3.63, 3.8) is 0 Å². The molecule has 0 aromatic heterocycles. The third-order valence-corrected chi connectivity index (χ3v) is 5.34. The third-order valence-electron chi connectivity index (χ3n) is 5.34. The summed E-state index contributed by atoms with van der Waals surface area (Å²) in [5.41, 5.74) is 0. The Hall–Kier alpha value is -0.400. The Morgan fingerprint density at radius 1 is 0.917 bits per heavy atom. The Morgan fingerprint density at radius 3 is 2.33 bits per heavy atom. The van der Waals surface area contributed by atoms with E-state index in [9.17, 15) is 4.91 Å². The molecule has 0 heterocycles. The van der Waals surface area contributed by atoms with Crippen molar-refractivity contribution in [2.45, 2.75) is 25.3 Å². The summed E-state index contributed by atoms with van der Waals surface area (Å²) < 4.78 is 0. The largest absolute Gasteiger partial charge is 0.151 e. The Labute approximate surface area is 71.7 Å². The minimum Gasteiger partial charge on any atom is -0.151 e. The lowest BCUT2D eigenvalue weighted by atomic mass is 9.27. The van der Waals surface area contributed by atoms with Gasteiger partial charge in [0.1, 0.15) is 0 Å². The molecule has 4 rings (SSSR count). The lowest BCUT2D eigenvalue weighted by Gasteiger charge is -2.77. The molecule has 0 spiro atoms. The van der Waals surface area contributed by atoms with Gasteiger partial charge < -0.3 is 0 Å². The summed E-state index contributed by atoms with van der Waals surface area (Å²) in [6.45, 7) is 0. The van der Waals surface area contributed by atoms with E-state index in [1.807, 2.05) is 0 Å². The molecule has 0 aromatic rings. The fourth-order valence-corrected chi connectivity index (χ4v) is 4.68. The van der Waals surface area contributed by atoms with Gasteiger partial charge >= 0.3 is 0 Å². The molecule has 64 valence electrons. The molecule has 0 amide bonds. The molecule has 4 saturated carbocycles. The zero-order valence-electron chi connectivity index (χ0n) is 7.02. The van der Waals surface area contributed by atoms with Crippen molar-refractivity contribution in [3.8, 4) is 0 Å². The molecule has 4 fully saturated rings. The molecular formula is C10H13NO. The van der Waals surface area contributed by atoms with Crippen molar-refractivity contribution >= 4 is 0 Å². The van der Waals surface area contributed by atoms with Gasteiger partial charge in [0, 0.05) is 0 Å². The molecule has 0 radical (unpaired) electrons. The topological polar surface area (TPSA) is 29.4 Å². The van der Waals surface area contributed by atoms with Gasteiger partial charge in [0.2, 0.25) is 0 Å². The third kappa shape index (κ3) is 0.391. The van der Waals surface area contributed by atoms with E-state index in [0.29, 0.717) is 0 Å². The van der Waals surface area contributed by atoms with Gasteiger partial charge in [-0.2, -0.15) is 4.91 Å². The van der Waals surface area contributed by atoms with Crippen LogP contribution in [0.2, 0.25) is 0 Å². The molecule has 0 aromatic carbocycles. The fraction of sp³-hybridized carbons (Fsp3) is 1.00. The first-order chi connectivity index (χ1) is 5.92. The number of hydrogen-bond donors (Lipinski definition) is 0. The van der Waals surface area contributed by atoms with Crippen molar-refractivity contribution < 1.29 is 0 Å². The van der Waals surface area contributed by atoms with E-state index in [0.717, 1.165) is 41.9 Å². The van der Waals surface area contributed by atoms with Crippen LogP contribution < -0.4 is 0 Å². The zero-order valence-corrected chi connectivity index (χ0v) is 7.02. The van der Waals surface area contributed by atoms with Crippen molar-refractivity contribution in [2.75, 3.05) is 0 Å². The maximum atomic E-state index is 10.4. The van der Waals surface area contributed by atoms with Gasteiger partial charge in [0.05, 0.1) is 6.04 Å². The SMILES string of the molecule is O=NC1CC2C1C1C3CCC3C21. The van der Waals surface area contributed by atoms with Crippen molar-refractivity contribution in [1.82, 2.24) is 0 Å². The first-order valence-corrected chi connectivity index (χ1v) is 5.24. The molecule has 0 saturated heterocycles. The Bertz CT molecular complexity index is 265. The van der Waals surface area contributed by atoms with Crippen LogP contribution in [0.4, 0.5) is 0 Å². The van der Waals surface area contributed by atoms with E-state index in [1.54, 1.807) is 0 Å². The first kappa shape index (κ1) is 6.11. The monoisotopic (exact) mass is 163 g/mol. The highest BCUT2D eigenvalue weighted by Gasteiger charge is 2.74. The highest BCUT2D eigenvalue weighted by Crippen LogP contribution is 2.77. The Morgan fingerprint density at radius 2 is 1.67 bits per heavy atom. The normalized spacial score (nSPS) is 69.8. The minimum atomic E-state index is 0.234. The average molecular weight is 163 g/mol. The van der Waals surface area contributed by atoms with Crippen LogP contribution in [0.5, 0.6) is 0 Å². The van der Waals surface area contributed by atoms with Gasteiger partial charge in [-0.1, -0.05) is 5.18 Å². The van der Waals surface area contributed by atoms with E-state index in [4.69, 9.17) is 0 Å². The maximum Gasteiger partial charge on any atom is 0.0956 e. The molecule has 0 aliphatic heterocycles. The lowest BCUT2D eigenvalue weighted by molar-refractivity contribution is -0.293. The van der Waals surface area contributed by atoms with Gasteiger partial charge in [-0.15, -0.1) is 0 Å². The molecule has 12 heavy (non-hydrogen) atoms. The summed E-state index contributed by atoms with van der Waals surface area (Å²) in [5.74, 6) is 5.87. The van der Waals surface area contributed by atoms with Gasteiger partial charge in [-0.25, -0.2) is 0 Å². The summed E-state index contributed by atoms with van der Waals surface area (Å²) in [7, 11) is 0. The quantitative estimate of drug-likeness (QED) is 0.544. The van der Waals surface area contributed by atoms with Crippen LogP contribution in [0, 0.1) is 40.4 Å². The van der Waals surface area contributed by atoms with Crippen LogP contribution in [0.1, 0.15) is 19.3 Å². The zero-order chi connectivity index (χ0) is 7.87. The molecule has 0 bridgehead atoms. The van der Waals surface area contributed by atoms with Crippen LogP contribution in [0.25, 0.3) is 0 Å². The highest BCUT2D eigenvalue weighted by molar-refractivity contribution is 5.22. The fourth-order valence-electron chi connectivity index (χ4n) is 4.68. The number of nitrogens with zero attached hydrogens (tertiary/aromatic N) is 1.